The summed E-state index contributed by atoms with van der Waals surface area (Å²) < 4.78 is 21.3. The van der Waals surface area contributed by atoms with Crippen molar-refractivity contribution in [1.82, 2.24) is 0 Å². The molecule has 1 rings (SSSR count). The first-order valence-electron chi connectivity index (χ1n) is 6.99. The third-order valence-corrected chi connectivity index (χ3v) is 2.83. The summed E-state index contributed by atoms with van der Waals surface area (Å²) in [6.07, 6.45) is -0.709. The highest BCUT2D eigenvalue weighted by Crippen LogP contribution is 2.29. The van der Waals surface area contributed by atoms with Crippen LogP contribution in [0.15, 0.2) is 18.2 Å². The molecule has 0 heterocycles. The van der Waals surface area contributed by atoms with Crippen molar-refractivity contribution in [2.45, 2.75) is 32.5 Å². The monoisotopic (exact) mass is 298 g/mol. The van der Waals surface area contributed by atoms with Crippen molar-refractivity contribution in [3.05, 3.63) is 23.8 Å². The fourth-order valence-electron chi connectivity index (χ4n) is 1.76. The molecular formula is C16H26O5. The predicted molar refractivity (Wildman–Crippen MR) is 81.0 cm³/mol. The highest BCUT2D eigenvalue weighted by Gasteiger charge is 2.13. The van der Waals surface area contributed by atoms with Crippen molar-refractivity contribution < 1.29 is 24.1 Å². The summed E-state index contributed by atoms with van der Waals surface area (Å²) >= 11 is 0. The number of hydrogen-bond acceptors (Lipinski definition) is 5. The molecule has 1 unspecified atom stereocenters. The van der Waals surface area contributed by atoms with Crippen LogP contribution >= 0.6 is 0 Å². The zero-order valence-corrected chi connectivity index (χ0v) is 13.5. The molecular weight excluding hydrogens is 272 g/mol. The second kappa shape index (κ2) is 8.22. The molecule has 0 fully saturated rings. The fourth-order valence-corrected chi connectivity index (χ4v) is 1.76. The van der Waals surface area contributed by atoms with Crippen LogP contribution in [0.3, 0.4) is 0 Å². The Morgan fingerprint density at radius 1 is 1.05 bits per heavy atom. The second-order valence-electron chi connectivity index (χ2n) is 5.67. The summed E-state index contributed by atoms with van der Waals surface area (Å²) in [4.78, 5) is 0. The van der Waals surface area contributed by atoms with Gasteiger partial charge in [-0.25, -0.2) is 0 Å². The van der Waals surface area contributed by atoms with E-state index in [0.29, 0.717) is 24.7 Å². The molecule has 0 aliphatic carbocycles. The van der Waals surface area contributed by atoms with Crippen molar-refractivity contribution in [3.8, 4) is 11.5 Å². The Balaban J connectivity index is 2.43. The standard InChI is InChI=1S/C16H26O5/c1-16(2,3)21-9-8-20-11-13(17)12-6-7-14(18-4)15(10-12)19-5/h6-7,10,13,17H,8-9,11H2,1-5H3. The largest absolute Gasteiger partial charge is 0.493 e. The summed E-state index contributed by atoms with van der Waals surface area (Å²) in [5.74, 6) is 1.22. The average Bonchev–Trinajstić information content (AvgIpc) is 2.44. The number of ether oxygens (including phenoxy) is 4. The van der Waals surface area contributed by atoms with E-state index < -0.39 is 6.10 Å². The summed E-state index contributed by atoms with van der Waals surface area (Å²) in [5.41, 5.74) is 0.551. The summed E-state index contributed by atoms with van der Waals surface area (Å²) in [5, 5.41) is 10.1. The van der Waals surface area contributed by atoms with Crippen molar-refractivity contribution >= 4 is 0 Å². The Morgan fingerprint density at radius 2 is 1.71 bits per heavy atom. The molecule has 0 bridgehead atoms. The van der Waals surface area contributed by atoms with E-state index in [1.807, 2.05) is 20.8 Å². The maximum atomic E-state index is 10.1. The van der Waals surface area contributed by atoms with E-state index in [9.17, 15) is 5.11 Å². The van der Waals surface area contributed by atoms with Crippen LogP contribution in [0, 0.1) is 0 Å². The van der Waals surface area contributed by atoms with E-state index in [2.05, 4.69) is 0 Å². The molecule has 0 aliphatic rings. The first-order chi connectivity index (χ1) is 9.87. The summed E-state index contributed by atoms with van der Waals surface area (Å²) in [6.45, 7) is 7.13. The van der Waals surface area contributed by atoms with E-state index in [0.717, 1.165) is 5.56 Å². The molecule has 0 aliphatic heterocycles. The Morgan fingerprint density at radius 3 is 2.29 bits per heavy atom. The minimum absolute atomic E-state index is 0.175. The second-order valence-corrected chi connectivity index (χ2v) is 5.67. The molecule has 0 radical (unpaired) electrons. The van der Waals surface area contributed by atoms with Crippen LogP contribution in [0.5, 0.6) is 11.5 Å². The Kier molecular flexibility index (Phi) is 6.95. The number of aliphatic hydroxyl groups is 1. The average molecular weight is 298 g/mol. The van der Waals surface area contributed by atoms with E-state index in [1.54, 1.807) is 32.4 Å². The van der Waals surface area contributed by atoms with Gasteiger partial charge in [0.05, 0.1) is 39.6 Å². The van der Waals surface area contributed by atoms with Gasteiger partial charge in [0.1, 0.15) is 6.10 Å². The molecule has 0 saturated carbocycles. The van der Waals surface area contributed by atoms with Gasteiger partial charge in [-0.05, 0) is 38.5 Å². The molecule has 1 N–H and O–H groups in total. The van der Waals surface area contributed by atoms with E-state index in [-0.39, 0.29) is 12.2 Å². The predicted octanol–water partition coefficient (Wildman–Crippen LogP) is 2.57. The molecule has 5 heteroatoms. The lowest BCUT2D eigenvalue weighted by Crippen LogP contribution is -2.22. The number of aliphatic hydroxyl groups excluding tert-OH is 1. The van der Waals surface area contributed by atoms with Crippen LogP contribution < -0.4 is 9.47 Å². The van der Waals surface area contributed by atoms with Crippen LogP contribution in [0.2, 0.25) is 0 Å². The lowest BCUT2D eigenvalue weighted by atomic mass is 10.1. The first-order valence-corrected chi connectivity index (χ1v) is 6.99. The third kappa shape index (κ3) is 6.33. The molecule has 5 nitrogen and oxygen atoms in total. The van der Waals surface area contributed by atoms with Crippen molar-refractivity contribution in [2.75, 3.05) is 34.0 Å². The van der Waals surface area contributed by atoms with Crippen LogP contribution in [-0.4, -0.2) is 44.7 Å². The summed E-state index contributed by atoms with van der Waals surface area (Å²) in [7, 11) is 3.14. The Labute approximate surface area is 126 Å². The zero-order chi connectivity index (χ0) is 15.9. The quantitative estimate of drug-likeness (QED) is 0.748. The lowest BCUT2D eigenvalue weighted by molar-refractivity contribution is -0.0477. The molecule has 1 aromatic rings. The topological polar surface area (TPSA) is 57.2 Å². The van der Waals surface area contributed by atoms with Gasteiger partial charge in [0.2, 0.25) is 0 Å². The van der Waals surface area contributed by atoms with Crippen LogP contribution in [0.1, 0.15) is 32.4 Å². The normalized spacial score (nSPS) is 13.0. The Bertz CT molecular complexity index is 425. The first kappa shape index (κ1) is 17.8. The van der Waals surface area contributed by atoms with Gasteiger partial charge >= 0.3 is 0 Å². The van der Waals surface area contributed by atoms with Crippen molar-refractivity contribution in [2.24, 2.45) is 0 Å². The van der Waals surface area contributed by atoms with E-state index in [1.165, 1.54) is 0 Å². The molecule has 120 valence electrons. The van der Waals surface area contributed by atoms with Crippen LogP contribution in [0.4, 0.5) is 0 Å². The van der Waals surface area contributed by atoms with Gasteiger partial charge in [0, 0.05) is 0 Å². The number of methoxy groups -OCH3 is 2. The van der Waals surface area contributed by atoms with Gasteiger partial charge < -0.3 is 24.1 Å². The molecule has 0 spiro atoms. The van der Waals surface area contributed by atoms with E-state index in [4.69, 9.17) is 18.9 Å². The van der Waals surface area contributed by atoms with Gasteiger partial charge in [-0.2, -0.15) is 0 Å². The van der Waals surface area contributed by atoms with Gasteiger partial charge in [0.25, 0.3) is 0 Å². The van der Waals surface area contributed by atoms with Gasteiger partial charge in [0.15, 0.2) is 11.5 Å². The smallest absolute Gasteiger partial charge is 0.161 e. The number of hydrogen-bond donors (Lipinski definition) is 1. The maximum Gasteiger partial charge on any atom is 0.161 e. The fraction of sp³-hybridized carbons (Fsp3) is 0.625. The number of rotatable bonds is 8. The Hall–Kier alpha value is -1.30. The van der Waals surface area contributed by atoms with E-state index >= 15 is 0 Å². The number of benzene rings is 1. The molecule has 0 saturated heterocycles. The molecule has 21 heavy (non-hydrogen) atoms. The zero-order valence-electron chi connectivity index (χ0n) is 13.5. The maximum absolute atomic E-state index is 10.1. The minimum Gasteiger partial charge on any atom is -0.493 e. The van der Waals surface area contributed by atoms with Gasteiger partial charge in [-0.15, -0.1) is 0 Å². The highest BCUT2D eigenvalue weighted by atomic mass is 16.5. The minimum atomic E-state index is -0.709. The highest BCUT2D eigenvalue weighted by molar-refractivity contribution is 5.43. The van der Waals surface area contributed by atoms with Crippen molar-refractivity contribution in [1.29, 1.82) is 0 Å². The van der Waals surface area contributed by atoms with Gasteiger partial charge in [-0.1, -0.05) is 6.07 Å². The summed E-state index contributed by atoms with van der Waals surface area (Å²) in [6, 6.07) is 5.31. The van der Waals surface area contributed by atoms with Crippen molar-refractivity contribution in [3.63, 3.8) is 0 Å². The van der Waals surface area contributed by atoms with Crippen LogP contribution in [-0.2, 0) is 9.47 Å². The molecule has 1 aromatic carbocycles. The van der Waals surface area contributed by atoms with Gasteiger partial charge in [-0.3, -0.25) is 0 Å². The van der Waals surface area contributed by atoms with Crippen LogP contribution in [0.25, 0.3) is 0 Å². The SMILES string of the molecule is COc1ccc(C(O)COCCOC(C)(C)C)cc1OC. The molecule has 0 aromatic heterocycles. The lowest BCUT2D eigenvalue weighted by Gasteiger charge is -2.20. The molecule has 1 atom stereocenters. The third-order valence-electron chi connectivity index (χ3n) is 2.83. The molecule has 0 amide bonds.